The van der Waals surface area contributed by atoms with Crippen molar-refractivity contribution in [2.24, 2.45) is 17.8 Å². The van der Waals surface area contributed by atoms with E-state index in [1.165, 1.54) is 16.4 Å². The Hall–Kier alpha value is -3.24. The van der Waals surface area contributed by atoms with Gasteiger partial charge in [-0.1, -0.05) is 41.0 Å². The molecular weight excluding hydrogens is 528 g/mol. The molecule has 3 rings (SSSR count). The molecule has 1 aliphatic heterocycles. The van der Waals surface area contributed by atoms with Crippen LogP contribution in [0.3, 0.4) is 0 Å². The van der Waals surface area contributed by atoms with E-state index in [-0.39, 0.29) is 46.8 Å². The van der Waals surface area contributed by atoms with Gasteiger partial charge in [0.25, 0.3) is 5.91 Å². The van der Waals surface area contributed by atoms with E-state index in [4.69, 9.17) is 0 Å². The van der Waals surface area contributed by atoms with Crippen LogP contribution in [-0.2, 0) is 19.6 Å². The molecule has 2 N–H and O–H groups in total. The van der Waals surface area contributed by atoms with Crippen molar-refractivity contribution in [2.45, 2.75) is 58.8 Å². The monoisotopic (exact) mass is 570 g/mol. The topological polar surface area (TPSA) is 116 Å². The quantitative estimate of drug-likeness (QED) is 0.358. The Morgan fingerprint density at radius 1 is 0.925 bits per heavy atom. The molecule has 0 aromatic heterocycles. The second-order valence-corrected chi connectivity index (χ2v) is 13.2. The van der Waals surface area contributed by atoms with Gasteiger partial charge in [-0.25, -0.2) is 8.42 Å². The van der Waals surface area contributed by atoms with Gasteiger partial charge in [0.2, 0.25) is 21.8 Å². The van der Waals surface area contributed by atoms with Crippen LogP contribution in [0.1, 0.15) is 64.2 Å². The first-order valence-corrected chi connectivity index (χ1v) is 15.4. The number of hydrogen-bond acceptors (Lipinski definition) is 5. The maximum Gasteiger partial charge on any atom is 0.255 e. The SMILES string of the molecule is CCCCN1CC(C(=O)Nc2ccc(C(=O)Nc3ccc(S(=O)(=O)N(CC(C)C)CC(C)C)cc3)cc2)CC1=O. The van der Waals surface area contributed by atoms with Crippen LogP contribution in [-0.4, -0.2) is 61.5 Å². The van der Waals surface area contributed by atoms with Gasteiger partial charge < -0.3 is 15.5 Å². The number of unbranched alkanes of at least 4 members (excludes halogenated alkanes) is 1. The number of likely N-dealkylation sites (tertiary alicyclic amines) is 1. The predicted molar refractivity (Wildman–Crippen MR) is 157 cm³/mol. The number of benzene rings is 2. The lowest BCUT2D eigenvalue weighted by Crippen LogP contribution is -2.37. The first-order valence-electron chi connectivity index (χ1n) is 14.0. The highest BCUT2D eigenvalue weighted by molar-refractivity contribution is 7.89. The van der Waals surface area contributed by atoms with E-state index in [1.807, 2.05) is 27.7 Å². The maximum absolute atomic E-state index is 13.2. The summed E-state index contributed by atoms with van der Waals surface area (Å²) >= 11 is 0. The third kappa shape index (κ3) is 8.38. The fraction of sp³-hybridized carbons (Fsp3) is 0.500. The lowest BCUT2D eigenvalue weighted by molar-refractivity contribution is -0.128. The molecule has 1 fully saturated rings. The zero-order valence-corrected chi connectivity index (χ0v) is 25.0. The molecule has 0 saturated carbocycles. The van der Waals surface area contributed by atoms with E-state index in [1.54, 1.807) is 41.3 Å². The highest BCUT2D eigenvalue weighted by atomic mass is 32.2. The number of sulfonamides is 1. The van der Waals surface area contributed by atoms with Gasteiger partial charge in [0, 0.05) is 49.5 Å². The Bertz CT molecular complexity index is 1260. The van der Waals surface area contributed by atoms with Gasteiger partial charge in [-0.2, -0.15) is 4.31 Å². The lowest BCUT2D eigenvalue weighted by Gasteiger charge is -2.25. The van der Waals surface area contributed by atoms with Gasteiger partial charge in [0.15, 0.2) is 0 Å². The standard InChI is InChI=1S/C30H42N4O5S/c1-6-7-16-33-20-24(17-28(33)35)30(37)32-25-10-8-23(9-11-25)29(36)31-26-12-14-27(15-13-26)40(38,39)34(18-21(2)3)19-22(4)5/h8-15,21-22,24H,6-7,16-20H2,1-5H3,(H,31,36)(H,32,37). The molecular formula is C30H42N4O5S. The van der Waals surface area contributed by atoms with Crippen molar-refractivity contribution in [2.75, 3.05) is 36.8 Å². The second-order valence-electron chi connectivity index (χ2n) is 11.2. The molecule has 0 radical (unpaired) electrons. The molecule has 3 amide bonds. The predicted octanol–water partition coefficient (Wildman–Crippen LogP) is 4.83. The first kappa shape index (κ1) is 31.3. The summed E-state index contributed by atoms with van der Waals surface area (Å²) in [6, 6.07) is 12.7. The average molecular weight is 571 g/mol. The van der Waals surface area contributed by atoms with Crippen molar-refractivity contribution >= 4 is 39.1 Å². The summed E-state index contributed by atoms with van der Waals surface area (Å²) in [5.74, 6) is -0.557. The van der Waals surface area contributed by atoms with Crippen molar-refractivity contribution in [3.8, 4) is 0 Å². The van der Waals surface area contributed by atoms with Gasteiger partial charge in [-0.3, -0.25) is 14.4 Å². The van der Waals surface area contributed by atoms with Crippen LogP contribution in [0.5, 0.6) is 0 Å². The molecule has 1 atom stereocenters. The Morgan fingerprint density at radius 3 is 2.02 bits per heavy atom. The van der Waals surface area contributed by atoms with Crippen LogP contribution in [0, 0.1) is 17.8 Å². The molecule has 9 nitrogen and oxygen atoms in total. The molecule has 2 aromatic rings. The van der Waals surface area contributed by atoms with E-state index >= 15 is 0 Å². The van der Waals surface area contributed by atoms with Gasteiger partial charge in [-0.15, -0.1) is 0 Å². The van der Waals surface area contributed by atoms with Crippen LogP contribution in [0.25, 0.3) is 0 Å². The smallest absolute Gasteiger partial charge is 0.255 e. The number of nitrogens with one attached hydrogen (secondary N) is 2. The molecule has 40 heavy (non-hydrogen) atoms. The van der Waals surface area contributed by atoms with Crippen LogP contribution < -0.4 is 10.6 Å². The minimum atomic E-state index is -3.66. The third-order valence-electron chi connectivity index (χ3n) is 6.67. The Balaban J connectivity index is 1.59. The summed E-state index contributed by atoms with van der Waals surface area (Å²) in [5.41, 5.74) is 1.40. The van der Waals surface area contributed by atoms with Crippen molar-refractivity contribution in [1.29, 1.82) is 0 Å². The van der Waals surface area contributed by atoms with Gasteiger partial charge in [0.05, 0.1) is 10.8 Å². The number of rotatable bonds is 13. The summed E-state index contributed by atoms with van der Waals surface area (Å²) < 4.78 is 27.9. The van der Waals surface area contributed by atoms with Crippen molar-refractivity contribution in [3.05, 3.63) is 54.1 Å². The third-order valence-corrected chi connectivity index (χ3v) is 8.51. The zero-order valence-electron chi connectivity index (χ0n) is 24.1. The number of amides is 3. The summed E-state index contributed by atoms with van der Waals surface area (Å²) in [7, 11) is -3.66. The highest BCUT2D eigenvalue weighted by Gasteiger charge is 2.34. The molecule has 0 bridgehead atoms. The molecule has 1 saturated heterocycles. The molecule has 1 unspecified atom stereocenters. The minimum absolute atomic E-state index is 0.00898. The summed E-state index contributed by atoms with van der Waals surface area (Å²) in [6.45, 7) is 12.0. The molecule has 1 aliphatic rings. The van der Waals surface area contributed by atoms with Crippen molar-refractivity contribution in [3.63, 3.8) is 0 Å². The largest absolute Gasteiger partial charge is 0.342 e. The summed E-state index contributed by atoms with van der Waals surface area (Å²) in [4.78, 5) is 39.5. The summed E-state index contributed by atoms with van der Waals surface area (Å²) in [6.07, 6.45) is 2.12. The fourth-order valence-electron chi connectivity index (χ4n) is 4.61. The Labute approximate surface area is 238 Å². The van der Waals surface area contributed by atoms with Gasteiger partial charge >= 0.3 is 0 Å². The fourth-order valence-corrected chi connectivity index (χ4v) is 6.38. The Kier molecular flexibility index (Phi) is 10.9. The van der Waals surface area contributed by atoms with Crippen LogP contribution >= 0.6 is 0 Å². The summed E-state index contributed by atoms with van der Waals surface area (Å²) in [5, 5.41) is 5.62. The van der Waals surface area contributed by atoms with Crippen molar-refractivity contribution < 1.29 is 22.8 Å². The second kappa shape index (κ2) is 13.9. The van der Waals surface area contributed by atoms with E-state index in [0.29, 0.717) is 43.1 Å². The van der Waals surface area contributed by atoms with Crippen LogP contribution in [0.4, 0.5) is 11.4 Å². The molecule has 0 spiro atoms. The molecule has 218 valence electrons. The van der Waals surface area contributed by atoms with Gasteiger partial charge in [-0.05, 0) is 66.8 Å². The Morgan fingerprint density at radius 2 is 1.48 bits per heavy atom. The van der Waals surface area contributed by atoms with Gasteiger partial charge in [0.1, 0.15) is 0 Å². The minimum Gasteiger partial charge on any atom is -0.342 e. The number of carbonyl (C=O) groups excluding carboxylic acids is 3. The van der Waals surface area contributed by atoms with Crippen LogP contribution in [0.2, 0.25) is 0 Å². The number of carbonyl (C=O) groups is 3. The lowest BCUT2D eigenvalue weighted by atomic mass is 10.1. The highest BCUT2D eigenvalue weighted by Crippen LogP contribution is 2.23. The number of hydrogen-bond donors (Lipinski definition) is 2. The number of anilines is 2. The van der Waals surface area contributed by atoms with E-state index in [9.17, 15) is 22.8 Å². The van der Waals surface area contributed by atoms with E-state index in [0.717, 1.165) is 12.8 Å². The zero-order chi connectivity index (χ0) is 29.4. The molecule has 2 aromatic carbocycles. The molecule has 0 aliphatic carbocycles. The molecule has 10 heteroatoms. The van der Waals surface area contributed by atoms with E-state index < -0.39 is 10.0 Å². The van der Waals surface area contributed by atoms with Crippen molar-refractivity contribution in [1.82, 2.24) is 9.21 Å². The molecule has 1 heterocycles. The first-order chi connectivity index (χ1) is 18.9. The normalized spacial score (nSPS) is 15.8. The maximum atomic E-state index is 13.2. The van der Waals surface area contributed by atoms with E-state index in [2.05, 4.69) is 17.6 Å². The number of nitrogens with zero attached hydrogens (tertiary/aromatic N) is 2. The average Bonchev–Trinajstić information content (AvgIpc) is 3.27. The van der Waals surface area contributed by atoms with Crippen LogP contribution in [0.15, 0.2) is 53.4 Å².